The van der Waals surface area contributed by atoms with Gasteiger partial charge < -0.3 is 0 Å². The van der Waals surface area contributed by atoms with Gasteiger partial charge in [0.25, 0.3) is 0 Å². The van der Waals surface area contributed by atoms with Gasteiger partial charge in [-0.25, -0.2) is 0 Å². The van der Waals surface area contributed by atoms with Crippen LogP contribution in [0.5, 0.6) is 0 Å². The van der Waals surface area contributed by atoms with Crippen molar-refractivity contribution in [2.24, 2.45) is 0 Å². The molecule has 0 amide bonds. The van der Waals surface area contributed by atoms with Crippen LogP contribution in [0.15, 0.2) is 18.2 Å². The molecule has 0 spiro atoms. The van der Waals surface area contributed by atoms with Crippen molar-refractivity contribution in [3.8, 4) is 12.3 Å². The highest BCUT2D eigenvalue weighted by molar-refractivity contribution is 5.33. The number of terminal acetylenes is 1. The summed E-state index contributed by atoms with van der Waals surface area (Å²) < 4.78 is 0. The van der Waals surface area contributed by atoms with Gasteiger partial charge in [-0.3, -0.25) is 0 Å². The molecule has 1 aromatic carbocycles. The van der Waals surface area contributed by atoms with Crippen molar-refractivity contribution in [2.45, 2.75) is 39.5 Å². The molecule has 0 heterocycles. The van der Waals surface area contributed by atoms with Crippen LogP contribution in [0.4, 0.5) is 0 Å². The van der Waals surface area contributed by atoms with Crippen LogP contribution < -0.4 is 0 Å². The second-order valence-corrected chi connectivity index (χ2v) is 3.77. The van der Waals surface area contributed by atoms with Crippen molar-refractivity contribution >= 4 is 0 Å². The summed E-state index contributed by atoms with van der Waals surface area (Å²) >= 11 is 0. The van der Waals surface area contributed by atoms with Crippen molar-refractivity contribution in [3.63, 3.8) is 0 Å². The molecule has 0 nitrogen and oxygen atoms in total. The summed E-state index contributed by atoms with van der Waals surface area (Å²) in [7, 11) is 0. The Hall–Kier alpha value is -1.22. The van der Waals surface area contributed by atoms with Gasteiger partial charge >= 0.3 is 0 Å². The van der Waals surface area contributed by atoms with Crippen LogP contribution in [0, 0.1) is 26.2 Å². The van der Waals surface area contributed by atoms with Crippen molar-refractivity contribution in [3.05, 3.63) is 34.9 Å². The molecular weight excluding hydrogens is 168 g/mol. The van der Waals surface area contributed by atoms with Crippen molar-refractivity contribution in [1.82, 2.24) is 0 Å². The molecule has 74 valence electrons. The summed E-state index contributed by atoms with van der Waals surface area (Å²) in [4.78, 5) is 0. The lowest BCUT2D eigenvalue weighted by molar-refractivity contribution is 0.753. The Balaban J connectivity index is 2.51. The van der Waals surface area contributed by atoms with E-state index in [9.17, 15) is 0 Å². The predicted molar refractivity (Wildman–Crippen MR) is 62.3 cm³/mol. The molecule has 0 N–H and O–H groups in total. The highest BCUT2D eigenvalue weighted by Gasteiger charge is 1.99. The molecular formula is C14H18. The van der Waals surface area contributed by atoms with E-state index in [1.165, 1.54) is 23.1 Å². The Bertz CT molecular complexity index is 328. The van der Waals surface area contributed by atoms with Gasteiger partial charge in [-0.1, -0.05) is 18.2 Å². The Labute approximate surface area is 87.4 Å². The Morgan fingerprint density at radius 2 is 2.00 bits per heavy atom. The molecule has 0 atom stereocenters. The lowest BCUT2D eigenvalue weighted by Gasteiger charge is -2.07. The molecule has 0 aliphatic heterocycles. The third-order valence-corrected chi connectivity index (χ3v) is 2.73. The molecule has 0 fully saturated rings. The van der Waals surface area contributed by atoms with E-state index >= 15 is 0 Å². The van der Waals surface area contributed by atoms with E-state index in [4.69, 9.17) is 6.42 Å². The molecule has 0 heteroatoms. The summed E-state index contributed by atoms with van der Waals surface area (Å²) in [6.07, 6.45) is 9.63. The number of hydrogen-bond donors (Lipinski definition) is 0. The summed E-state index contributed by atoms with van der Waals surface area (Å²) in [5.74, 6) is 2.68. The van der Waals surface area contributed by atoms with Gasteiger partial charge in [0, 0.05) is 6.42 Å². The fourth-order valence-electron chi connectivity index (χ4n) is 1.63. The average Bonchev–Trinajstić information content (AvgIpc) is 2.19. The lowest BCUT2D eigenvalue weighted by Crippen LogP contribution is -1.92. The molecule has 0 bridgehead atoms. The third-order valence-electron chi connectivity index (χ3n) is 2.73. The van der Waals surface area contributed by atoms with Gasteiger partial charge in [0.05, 0.1) is 0 Å². The van der Waals surface area contributed by atoms with E-state index < -0.39 is 0 Å². The minimum Gasteiger partial charge on any atom is -0.120 e. The molecule has 0 saturated carbocycles. The minimum atomic E-state index is 0.908. The Morgan fingerprint density at radius 3 is 2.71 bits per heavy atom. The second-order valence-electron chi connectivity index (χ2n) is 3.77. The summed E-state index contributed by atoms with van der Waals surface area (Å²) in [5, 5.41) is 0. The largest absolute Gasteiger partial charge is 0.120 e. The smallest absolute Gasteiger partial charge is 0.00861 e. The molecule has 0 aliphatic rings. The first-order valence-electron chi connectivity index (χ1n) is 5.24. The predicted octanol–water partition coefficient (Wildman–Crippen LogP) is 3.65. The quantitative estimate of drug-likeness (QED) is 0.497. The SMILES string of the molecule is C#CCCCCc1cccc(C)c1C. The van der Waals surface area contributed by atoms with E-state index in [0.29, 0.717) is 0 Å². The molecule has 1 aromatic rings. The highest BCUT2D eigenvalue weighted by atomic mass is 14.0. The zero-order valence-corrected chi connectivity index (χ0v) is 9.14. The first-order valence-corrected chi connectivity index (χ1v) is 5.24. The zero-order valence-electron chi connectivity index (χ0n) is 9.14. The first kappa shape index (κ1) is 10.9. The van der Waals surface area contributed by atoms with Crippen LogP contribution >= 0.6 is 0 Å². The number of benzene rings is 1. The van der Waals surface area contributed by atoms with Gasteiger partial charge in [0.2, 0.25) is 0 Å². The average molecular weight is 186 g/mol. The molecule has 14 heavy (non-hydrogen) atoms. The van der Waals surface area contributed by atoms with Gasteiger partial charge in [-0.15, -0.1) is 12.3 Å². The van der Waals surface area contributed by atoms with Crippen molar-refractivity contribution in [2.75, 3.05) is 0 Å². The van der Waals surface area contributed by atoms with Crippen molar-refractivity contribution in [1.29, 1.82) is 0 Å². The van der Waals surface area contributed by atoms with E-state index in [2.05, 4.69) is 38.0 Å². The number of aryl methyl sites for hydroxylation is 2. The normalized spacial score (nSPS) is 9.79. The Kier molecular flexibility index (Phi) is 4.26. The van der Waals surface area contributed by atoms with Crippen LogP contribution in [-0.4, -0.2) is 0 Å². The number of rotatable bonds is 4. The molecule has 0 aliphatic carbocycles. The van der Waals surface area contributed by atoms with Crippen LogP contribution in [0.1, 0.15) is 36.0 Å². The second kappa shape index (κ2) is 5.50. The monoisotopic (exact) mass is 186 g/mol. The van der Waals surface area contributed by atoms with Gasteiger partial charge in [-0.2, -0.15) is 0 Å². The molecule has 1 rings (SSSR count). The third kappa shape index (κ3) is 2.92. The summed E-state index contributed by atoms with van der Waals surface area (Å²) in [6.45, 7) is 4.37. The minimum absolute atomic E-state index is 0.908. The van der Waals surface area contributed by atoms with E-state index in [1.54, 1.807) is 0 Å². The van der Waals surface area contributed by atoms with Crippen LogP contribution in [-0.2, 0) is 6.42 Å². The maximum atomic E-state index is 5.21. The van der Waals surface area contributed by atoms with Crippen LogP contribution in [0.25, 0.3) is 0 Å². The highest BCUT2D eigenvalue weighted by Crippen LogP contribution is 2.15. The lowest BCUT2D eigenvalue weighted by atomic mass is 9.99. The fraction of sp³-hybridized carbons (Fsp3) is 0.429. The standard InChI is InChI=1S/C14H18/c1-4-5-6-7-10-14-11-8-9-12(2)13(14)3/h1,8-9,11H,5-7,10H2,2-3H3. The first-order chi connectivity index (χ1) is 6.75. The number of unbranched alkanes of at least 4 members (excludes halogenated alkanes) is 2. The maximum Gasteiger partial charge on any atom is 0.00861 e. The summed E-state index contributed by atoms with van der Waals surface area (Å²) in [5.41, 5.74) is 4.30. The van der Waals surface area contributed by atoms with Crippen LogP contribution in [0.2, 0.25) is 0 Å². The molecule has 0 unspecified atom stereocenters. The van der Waals surface area contributed by atoms with E-state index in [1.807, 2.05) is 0 Å². The fourth-order valence-corrected chi connectivity index (χ4v) is 1.63. The molecule has 0 aromatic heterocycles. The Morgan fingerprint density at radius 1 is 1.21 bits per heavy atom. The topological polar surface area (TPSA) is 0 Å². The molecule has 0 saturated heterocycles. The molecule has 0 radical (unpaired) electrons. The van der Waals surface area contributed by atoms with Crippen LogP contribution in [0.3, 0.4) is 0 Å². The van der Waals surface area contributed by atoms with Gasteiger partial charge in [0.15, 0.2) is 0 Å². The van der Waals surface area contributed by atoms with Crippen molar-refractivity contribution < 1.29 is 0 Å². The number of hydrogen-bond acceptors (Lipinski definition) is 0. The van der Waals surface area contributed by atoms with E-state index in [0.717, 1.165) is 19.3 Å². The van der Waals surface area contributed by atoms with Gasteiger partial charge in [0.1, 0.15) is 0 Å². The van der Waals surface area contributed by atoms with E-state index in [-0.39, 0.29) is 0 Å². The van der Waals surface area contributed by atoms with Gasteiger partial charge in [-0.05, 0) is 49.8 Å². The summed E-state index contributed by atoms with van der Waals surface area (Å²) in [6, 6.07) is 6.53. The maximum absolute atomic E-state index is 5.21. The zero-order chi connectivity index (χ0) is 10.4.